The van der Waals surface area contributed by atoms with Crippen LogP contribution in [0.15, 0.2) is 6.20 Å². The first-order chi connectivity index (χ1) is 12.6. The molecule has 1 saturated heterocycles. The van der Waals surface area contributed by atoms with Gasteiger partial charge in [-0.3, -0.25) is 14.3 Å². The van der Waals surface area contributed by atoms with Crippen molar-refractivity contribution >= 4 is 28.3 Å². The van der Waals surface area contributed by atoms with Crippen LogP contribution in [0.5, 0.6) is 0 Å². The number of nitrogens with zero attached hydrogens (tertiary/aromatic N) is 4. The summed E-state index contributed by atoms with van der Waals surface area (Å²) in [5.74, 6) is -0.481. The topological polar surface area (TPSA) is 89.3 Å². The van der Waals surface area contributed by atoms with Crippen LogP contribution >= 0.6 is 11.3 Å². The zero-order valence-electron chi connectivity index (χ0n) is 14.8. The number of aryl methyl sites for hydroxylation is 2. The van der Waals surface area contributed by atoms with Crippen LogP contribution in [0, 0.1) is 5.92 Å². The predicted octanol–water partition coefficient (Wildman–Crippen LogP) is 1.08. The summed E-state index contributed by atoms with van der Waals surface area (Å²) in [6, 6.07) is 0. The summed E-state index contributed by atoms with van der Waals surface area (Å²) in [5.41, 5.74) is 3.15. The molecule has 1 aliphatic heterocycles. The van der Waals surface area contributed by atoms with Crippen LogP contribution in [0.4, 0.5) is 5.13 Å². The fraction of sp³-hybridized carbons (Fsp3) is 0.529. The van der Waals surface area contributed by atoms with E-state index in [2.05, 4.69) is 15.4 Å². The van der Waals surface area contributed by atoms with Gasteiger partial charge < -0.3 is 15.0 Å². The molecule has 1 fully saturated rings. The molecule has 0 saturated carbocycles. The molecule has 2 aromatic heterocycles. The summed E-state index contributed by atoms with van der Waals surface area (Å²) in [7, 11) is 3.54. The van der Waals surface area contributed by atoms with Crippen molar-refractivity contribution in [3.8, 4) is 11.3 Å². The molecule has 0 spiro atoms. The highest BCUT2D eigenvalue weighted by atomic mass is 32.1. The fourth-order valence-corrected chi connectivity index (χ4v) is 4.53. The zero-order chi connectivity index (χ0) is 18.3. The summed E-state index contributed by atoms with van der Waals surface area (Å²) in [6.07, 6.45) is 3.91. The van der Waals surface area contributed by atoms with Crippen LogP contribution < -0.4 is 5.32 Å². The Bertz CT molecular complexity index is 859. The van der Waals surface area contributed by atoms with Crippen molar-refractivity contribution < 1.29 is 14.3 Å². The molecule has 1 aliphatic carbocycles. The monoisotopic (exact) mass is 375 g/mol. The molecule has 138 valence electrons. The lowest BCUT2D eigenvalue weighted by molar-refractivity contribution is -0.128. The summed E-state index contributed by atoms with van der Waals surface area (Å²) >= 11 is 1.51. The lowest BCUT2D eigenvalue weighted by Gasteiger charge is -2.15. The largest absolute Gasteiger partial charge is 0.383 e. The molecule has 4 rings (SSSR count). The van der Waals surface area contributed by atoms with Gasteiger partial charge in [0.15, 0.2) is 5.13 Å². The minimum absolute atomic E-state index is 0.000588. The molecule has 8 nitrogen and oxygen atoms in total. The minimum atomic E-state index is -0.339. The first kappa shape index (κ1) is 17.2. The molecule has 3 heterocycles. The van der Waals surface area contributed by atoms with E-state index in [0.29, 0.717) is 24.8 Å². The van der Waals surface area contributed by atoms with Crippen LogP contribution in [-0.2, 0) is 34.2 Å². The van der Waals surface area contributed by atoms with Crippen molar-refractivity contribution in [3.63, 3.8) is 0 Å². The van der Waals surface area contributed by atoms with Crippen LogP contribution in [0.1, 0.15) is 17.0 Å². The zero-order valence-corrected chi connectivity index (χ0v) is 15.6. The molecule has 2 aliphatic rings. The predicted molar refractivity (Wildman–Crippen MR) is 96.9 cm³/mol. The number of anilines is 1. The van der Waals surface area contributed by atoms with Gasteiger partial charge in [0.2, 0.25) is 11.8 Å². The third-order valence-electron chi connectivity index (χ3n) is 4.98. The second-order valence-electron chi connectivity index (χ2n) is 6.64. The maximum Gasteiger partial charge on any atom is 0.231 e. The van der Waals surface area contributed by atoms with Crippen molar-refractivity contribution in [2.75, 3.05) is 32.1 Å². The van der Waals surface area contributed by atoms with Crippen LogP contribution in [0.2, 0.25) is 0 Å². The Hall–Kier alpha value is -2.26. The second-order valence-corrected chi connectivity index (χ2v) is 7.73. The van der Waals surface area contributed by atoms with Crippen LogP contribution in [0.3, 0.4) is 0 Å². The molecule has 0 bridgehead atoms. The van der Waals surface area contributed by atoms with Gasteiger partial charge in [-0.1, -0.05) is 0 Å². The lowest BCUT2D eigenvalue weighted by Crippen LogP contribution is -2.30. The van der Waals surface area contributed by atoms with E-state index < -0.39 is 0 Å². The van der Waals surface area contributed by atoms with Crippen molar-refractivity contribution in [2.45, 2.75) is 19.3 Å². The van der Waals surface area contributed by atoms with Gasteiger partial charge in [0.25, 0.3) is 0 Å². The summed E-state index contributed by atoms with van der Waals surface area (Å²) in [6.45, 7) is 1.44. The maximum absolute atomic E-state index is 12.6. The third kappa shape index (κ3) is 3.01. The molecular weight excluding hydrogens is 354 g/mol. The minimum Gasteiger partial charge on any atom is -0.383 e. The van der Waals surface area contributed by atoms with Gasteiger partial charge >= 0.3 is 0 Å². The average molecular weight is 375 g/mol. The first-order valence-corrected chi connectivity index (χ1v) is 9.47. The number of fused-ring (bicyclic) bond motifs is 3. The Morgan fingerprint density at radius 3 is 3.12 bits per heavy atom. The Kier molecular flexibility index (Phi) is 4.49. The van der Waals surface area contributed by atoms with E-state index >= 15 is 0 Å². The Balaban J connectivity index is 1.45. The molecule has 0 radical (unpaired) electrons. The lowest BCUT2D eigenvalue weighted by atomic mass is 10.0. The van der Waals surface area contributed by atoms with Gasteiger partial charge in [-0.25, -0.2) is 4.98 Å². The number of aromatic nitrogens is 3. The van der Waals surface area contributed by atoms with Crippen LogP contribution in [-0.4, -0.2) is 58.3 Å². The molecular formula is C17H21N5O3S. The summed E-state index contributed by atoms with van der Waals surface area (Å²) in [4.78, 5) is 32.1. The number of likely N-dealkylation sites (tertiary alicyclic amines) is 1. The van der Waals surface area contributed by atoms with Crippen molar-refractivity contribution in [1.82, 2.24) is 19.7 Å². The molecule has 9 heteroatoms. The normalized spacial score (nSPS) is 18.8. The van der Waals surface area contributed by atoms with E-state index in [4.69, 9.17) is 4.74 Å². The molecule has 26 heavy (non-hydrogen) atoms. The number of amides is 2. The number of methoxy groups -OCH3 is 1. The van der Waals surface area contributed by atoms with E-state index in [9.17, 15) is 9.59 Å². The molecule has 1 unspecified atom stereocenters. The fourth-order valence-electron chi connectivity index (χ4n) is 3.55. The Morgan fingerprint density at radius 2 is 2.31 bits per heavy atom. The molecule has 2 amide bonds. The highest BCUT2D eigenvalue weighted by Crippen LogP contribution is 2.38. The van der Waals surface area contributed by atoms with E-state index in [1.165, 1.54) is 21.9 Å². The SMILES string of the molecule is COCCN1CC(C(=O)Nc2nc3c(s2)CCc2c-3cnn2C)CC1=O. The van der Waals surface area contributed by atoms with Gasteiger partial charge in [0, 0.05) is 49.8 Å². The Morgan fingerprint density at radius 1 is 1.46 bits per heavy atom. The highest BCUT2D eigenvalue weighted by molar-refractivity contribution is 7.16. The van der Waals surface area contributed by atoms with Gasteiger partial charge in [-0.05, 0) is 12.8 Å². The maximum atomic E-state index is 12.6. The van der Waals surface area contributed by atoms with E-state index in [0.717, 1.165) is 24.1 Å². The van der Waals surface area contributed by atoms with E-state index in [-0.39, 0.29) is 24.2 Å². The van der Waals surface area contributed by atoms with Crippen LogP contribution in [0.25, 0.3) is 11.3 Å². The third-order valence-corrected chi connectivity index (χ3v) is 6.01. The molecule has 1 atom stereocenters. The Labute approximate surface area is 155 Å². The van der Waals surface area contributed by atoms with Gasteiger partial charge in [-0.2, -0.15) is 5.10 Å². The standard InChI is InChI=1S/C17H21N5O3S/c1-21-12-3-4-13-15(11(12)8-18-21)19-17(26-13)20-16(24)10-7-14(23)22(9-10)5-6-25-2/h8,10H,3-7,9H2,1-2H3,(H,19,20,24). The number of thiazole rings is 1. The number of rotatable bonds is 5. The molecule has 1 N–H and O–H groups in total. The van der Waals surface area contributed by atoms with Gasteiger partial charge in [0.05, 0.1) is 24.4 Å². The summed E-state index contributed by atoms with van der Waals surface area (Å²) in [5, 5.41) is 7.82. The van der Waals surface area contributed by atoms with E-state index in [1.807, 2.05) is 17.9 Å². The first-order valence-electron chi connectivity index (χ1n) is 8.65. The van der Waals surface area contributed by atoms with Crippen molar-refractivity contribution in [2.24, 2.45) is 13.0 Å². The second kappa shape index (κ2) is 6.81. The summed E-state index contributed by atoms with van der Waals surface area (Å²) < 4.78 is 6.89. The number of carbonyl (C=O) groups excluding carboxylic acids is 2. The highest BCUT2D eigenvalue weighted by Gasteiger charge is 2.34. The molecule has 2 aromatic rings. The average Bonchev–Trinajstić information content (AvgIpc) is 3.30. The van der Waals surface area contributed by atoms with Crippen molar-refractivity contribution in [1.29, 1.82) is 0 Å². The number of nitrogens with one attached hydrogen (secondary N) is 1. The van der Waals surface area contributed by atoms with Crippen molar-refractivity contribution in [3.05, 3.63) is 16.8 Å². The number of carbonyl (C=O) groups is 2. The number of hydrogen-bond donors (Lipinski definition) is 1. The van der Waals surface area contributed by atoms with Gasteiger partial charge in [-0.15, -0.1) is 11.3 Å². The van der Waals surface area contributed by atoms with Gasteiger partial charge in [0.1, 0.15) is 0 Å². The van der Waals surface area contributed by atoms with E-state index in [1.54, 1.807) is 12.0 Å². The quantitative estimate of drug-likeness (QED) is 0.845. The number of ether oxygens (including phenoxy) is 1. The smallest absolute Gasteiger partial charge is 0.231 e. The molecule has 0 aromatic carbocycles. The number of hydrogen-bond acceptors (Lipinski definition) is 6.